The van der Waals surface area contributed by atoms with Gasteiger partial charge in [0.05, 0.1) is 12.1 Å². The van der Waals surface area contributed by atoms with Crippen LogP contribution in [-0.2, 0) is 13.1 Å². The summed E-state index contributed by atoms with van der Waals surface area (Å²) in [5.41, 5.74) is 3.63. The highest BCUT2D eigenvalue weighted by Crippen LogP contribution is 2.20. The van der Waals surface area contributed by atoms with Crippen LogP contribution >= 0.6 is 0 Å². The number of hydrogen-bond donors (Lipinski definition) is 1. The Morgan fingerprint density at radius 3 is 2.86 bits per heavy atom. The lowest BCUT2D eigenvalue weighted by molar-refractivity contribution is 0.267. The molecular weight excluding hydrogens is 358 g/mol. The molecule has 1 N–H and O–H groups in total. The van der Waals surface area contributed by atoms with Crippen molar-refractivity contribution in [3.8, 4) is 5.75 Å². The van der Waals surface area contributed by atoms with Crippen molar-refractivity contribution >= 4 is 10.9 Å². The third-order valence-corrected chi connectivity index (χ3v) is 5.65. The lowest BCUT2D eigenvalue weighted by Gasteiger charge is -2.23. The molecule has 4 heteroatoms. The van der Waals surface area contributed by atoms with Crippen LogP contribution in [0.4, 0.5) is 0 Å². The molecule has 0 aliphatic carbocycles. The molecule has 0 radical (unpaired) electrons. The van der Waals surface area contributed by atoms with Gasteiger partial charge in [-0.1, -0.05) is 42.8 Å². The Morgan fingerprint density at radius 2 is 1.97 bits per heavy atom. The minimum atomic E-state index is 0.618. The van der Waals surface area contributed by atoms with Gasteiger partial charge in [0.2, 0.25) is 0 Å². The molecule has 152 valence electrons. The fraction of sp³-hybridized carbons (Fsp3) is 0.400. The first-order chi connectivity index (χ1) is 14.3. The number of nitrogens with zero attached hydrogens (tertiary/aromatic N) is 2. The van der Waals surface area contributed by atoms with E-state index >= 15 is 0 Å². The first-order valence-corrected chi connectivity index (χ1v) is 10.7. The zero-order valence-electron chi connectivity index (χ0n) is 17.3. The highest BCUT2D eigenvalue weighted by atomic mass is 16.5. The molecule has 1 unspecified atom stereocenters. The van der Waals surface area contributed by atoms with Gasteiger partial charge in [-0.15, -0.1) is 0 Å². The maximum Gasteiger partial charge on any atom is 0.119 e. The van der Waals surface area contributed by atoms with Crippen LogP contribution in [0.2, 0.25) is 0 Å². The average Bonchev–Trinajstić information content (AvgIpc) is 2.75. The van der Waals surface area contributed by atoms with Crippen molar-refractivity contribution in [2.45, 2.75) is 44.8 Å². The third kappa shape index (κ3) is 5.55. The molecule has 29 heavy (non-hydrogen) atoms. The number of nitrogens with one attached hydrogen (secondary N) is 1. The van der Waals surface area contributed by atoms with Crippen molar-refractivity contribution in [2.24, 2.45) is 0 Å². The second-order valence-electron chi connectivity index (χ2n) is 8.10. The van der Waals surface area contributed by atoms with Crippen LogP contribution in [0.1, 0.15) is 36.8 Å². The number of benzene rings is 2. The fourth-order valence-electron chi connectivity index (χ4n) is 4.18. The Bertz CT molecular complexity index is 915. The standard InChI is InChI=1S/C25H31N3O/c1-28(19-22-9-5-8-21-10-6-15-27-25(21)22)18-20-7-4-12-24(17-20)29-16-13-23-11-2-3-14-26-23/h4-10,12,15,17,23,26H,2-3,11,13-14,16,18-19H2,1H3. The largest absolute Gasteiger partial charge is 0.494 e. The van der Waals surface area contributed by atoms with E-state index in [1.807, 2.05) is 12.3 Å². The molecule has 2 aromatic carbocycles. The van der Waals surface area contributed by atoms with Gasteiger partial charge in [-0.2, -0.15) is 0 Å². The van der Waals surface area contributed by atoms with Gasteiger partial charge >= 0.3 is 0 Å². The maximum absolute atomic E-state index is 6.04. The van der Waals surface area contributed by atoms with E-state index < -0.39 is 0 Å². The molecule has 4 nitrogen and oxygen atoms in total. The van der Waals surface area contributed by atoms with Crippen molar-refractivity contribution in [3.05, 3.63) is 71.9 Å². The van der Waals surface area contributed by atoms with Crippen molar-refractivity contribution in [2.75, 3.05) is 20.2 Å². The van der Waals surface area contributed by atoms with E-state index in [0.717, 1.165) is 43.9 Å². The Labute approximate surface area is 173 Å². The van der Waals surface area contributed by atoms with Gasteiger partial charge in [0.15, 0.2) is 0 Å². The summed E-state index contributed by atoms with van der Waals surface area (Å²) < 4.78 is 6.04. The van der Waals surface area contributed by atoms with Crippen LogP contribution < -0.4 is 10.1 Å². The number of para-hydroxylation sites is 1. The molecule has 1 aromatic heterocycles. The molecule has 1 aliphatic heterocycles. The second kappa shape index (κ2) is 9.86. The van der Waals surface area contributed by atoms with Crippen LogP contribution in [0, 0.1) is 0 Å². The molecule has 1 saturated heterocycles. The van der Waals surface area contributed by atoms with E-state index in [1.165, 1.54) is 35.8 Å². The summed E-state index contributed by atoms with van der Waals surface area (Å²) in [5, 5.41) is 4.78. The number of piperidine rings is 1. The molecule has 1 atom stereocenters. The van der Waals surface area contributed by atoms with Gasteiger partial charge in [-0.25, -0.2) is 0 Å². The number of rotatable bonds is 8. The minimum Gasteiger partial charge on any atom is -0.494 e. The van der Waals surface area contributed by atoms with E-state index in [2.05, 4.69) is 70.8 Å². The van der Waals surface area contributed by atoms with Crippen molar-refractivity contribution in [1.82, 2.24) is 15.2 Å². The number of fused-ring (bicyclic) bond motifs is 1. The normalized spacial score (nSPS) is 17.0. The molecule has 3 aromatic rings. The molecule has 0 saturated carbocycles. The van der Waals surface area contributed by atoms with Gasteiger partial charge < -0.3 is 10.1 Å². The summed E-state index contributed by atoms with van der Waals surface area (Å²) in [4.78, 5) is 6.90. The molecular formula is C25H31N3O. The van der Waals surface area contributed by atoms with E-state index in [1.54, 1.807) is 0 Å². The second-order valence-corrected chi connectivity index (χ2v) is 8.10. The lowest BCUT2D eigenvalue weighted by Crippen LogP contribution is -2.35. The van der Waals surface area contributed by atoms with E-state index in [4.69, 9.17) is 4.74 Å². The van der Waals surface area contributed by atoms with Crippen LogP contribution in [0.5, 0.6) is 5.75 Å². The molecule has 1 aliphatic rings. The van der Waals surface area contributed by atoms with Crippen molar-refractivity contribution < 1.29 is 4.74 Å². The minimum absolute atomic E-state index is 0.618. The average molecular weight is 390 g/mol. The summed E-state index contributed by atoms with van der Waals surface area (Å²) in [7, 11) is 2.16. The molecule has 4 rings (SSSR count). The molecule has 1 fully saturated rings. The van der Waals surface area contributed by atoms with Gasteiger partial charge in [-0.3, -0.25) is 9.88 Å². The topological polar surface area (TPSA) is 37.4 Å². The predicted octanol–water partition coefficient (Wildman–Crippen LogP) is 4.78. The first-order valence-electron chi connectivity index (χ1n) is 10.7. The van der Waals surface area contributed by atoms with Crippen LogP contribution in [-0.4, -0.2) is 36.1 Å². The van der Waals surface area contributed by atoms with Crippen LogP contribution in [0.3, 0.4) is 0 Å². The Kier molecular flexibility index (Phi) is 6.75. The summed E-state index contributed by atoms with van der Waals surface area (Å²) >= 11 is 0. The summed E-state index contributed by atoms with van der Waals surface area (Å²) in [5.74, 6) is 0.971. The lowest BCUT2D eigenvalue weighted by atomic mass is 10.0. The van der Waals surface area contributed by atoms with Crippen molar-refractivity contribution in [3.63, 3.8) is 0 Å². The van der Waals surface area contributed by atoms with Gasteiger partial charge in [0.1, 0.15) is 5.75 Å². The molecule has 0 amide bonds. The smallest absolute Gasteiger partial charge is 0.119 e. The highest BCUT2D eigenvalue weighted by Gasteiger charge is 2.12. The fourth-order valence-corrected chi connectivity index (χ4v) is 4.18. The quantitative estimate of drug-likeness (QED) is 0.602. The first kappa shape index (κ1) is 19.9. The number of pyridine rings is 1. The van der Waals surface area contributed by atoms with Gasteiger partial charge in [0.25, 0.3) is 0 Å². The Morgan fingerprint density at radius 1 is 1.07 bits per heavy atom. The Hall–Kier alpha value is -2.43. The predicted molar refractivity (Wildman–Crippen MR) is 119 cm³/mol. The monoisotopic (exact) mass is 389 g/mol. The van der Waals surface area contributed by atoms with Gasteiger partial charge in [0, 0.05) is 30.7 Å². The van der Waals surface area contributed by atoms with E-state index in [0.29, 0.717) is 6.04 Å². The van der Waals surface area contributed by atoms with Gasteiger partial charge in [-0.05, 0) is 62.2 Å². The summed E-state index contributed by atoms with van der Waals surface area (Å²) in [6.07, 6.45) is 6.87. The SMILES string of the molecule is CN(Cc1cccc(OCCC2CCCCN2)c1)Cc1cccc2cccnc12. The number of aromatic nitrogens is 1. The highest BCUT2D eigenvalue weighted by molar-refractivity contribution is 5.81. The zero-order valence-corrected chi connectivity index (χ0v) is 17.3. The Balaban J connectivity index is 1.32. The van der Waals surface area contributed by atoms with Crippen LogP contribution in [0.25, 0.3) is 10.9 Å². The van der Waals surface area contributed by atoms with E-state index in [-0.39, 0.29) is 0 Å². The molecule has 2 heterocycles. The van der Waals surface area contributed by atoms with Crippen LogP contribution in [0.15, 0.2) is 60.8 Å². The zero-order chi connectivity index (χ0) is 19.9. The maximum atomic E-state index is 6.04. The van der Waals surface area contributed by atoms with E-state index in [9.17, 15) is 0 Å². The number of hydrogen-bond acceptors (Lipinski definition) is 4. The number of ether oxygens (including phenoxy) is 1. The molecule has 0 spiro atoms. The third-order valence-electron chi connectivity index (χ3n) is 5.65. The molecule has 0 bridgehead atoms. The summed E-state index contributed by atoms with van der Waals surface area (Å²) in [6.45, 7) is 3.68. The summed E-state index contributed by atoms with van der Waals surface area (Å²) in [6, 6.07) is 19.6. The van der Waals surface area contributed by atoms with Crippen molar-refractivity contribution in [1.29, 1.82) is 0 Å².